The number of ether oxygens (including phenoxy) is 4. The minimum absolute atomic E-state index is 0.105. The number of morpholine rings is 1. The van der Waals surface area contributed by atoms with Gasteiger partial charge in [0, 0.05) is 69.3 Å². The Balaban J connectivity index is 1.10. The van der Waals surface area contributed by atoms with Crippen molar-refractivity contribution < 1.29 is 23.7 Å². The predicted molar refractivity (Wildman–Crippen MR) is 149 cm³/mol. The van der Waals surface area contributed by atoms with Gasteiger partial charge in [0.15, 0.2) is 5.75 Å². The van der Waals surface area contributed by atoms with Crippen LogP contribution in [0.15, 0.2) is 54.7 Å². The summed E-state index contributed by atoms with van der Waals surface area (Å²) in [5.74, 6) is 1.80. The maximum Gasteiger partial charge on any atom is 0.251 e. The second-order valence-corrected chi connectivity index (χ2v) is 10.5. The summed E-state index contributed by atoms with van der Waals surface area (Å²) in [6.07, 6.45) is 5.16. The molecule has 1 aromatic heterocycles. The van der Waals surface area contributed by atoms with Crippen molar-refractivity contribution in [2.24, 2.45) is 0 Å². The molecular formula is C31H37N3O5. The van der Waals surface area contributed by atoms with Crippen molar-refractivity contribution in [1.82, 2.24) is 14.8 Å². The number of hydrogen-bond acceptors (Lipinski definition) is 7. The number of hydrogen-bond donors (Lipinski definition) is 0. The highest BCUT2D eigenvalue weighted by Crippen LogP contribution is 2.37. The fourth-order valence-corrected chi connectivity index (χ4v) is 5.67. The first-order valence-electron chi connectivity index (χ1n) is 14.2. The molecule has 8 heteroatoms. The van der Waals surface area contributed by atoms with E-state index in [1.165, 1.54) is 0 Å². The van der Waals surface area contributed by atoms with E-state index in [0.717, 1.165) is 105 Å². The van der Waals surface area contributed by atoms with Crippen LogP contribution >= 0.6 is 0 Å². The van der Waals surface area contributed by atoms with Crippen molar-refractivity contribution in [3.63, 3.8) is 0 Å². The smallest absolute Gasteiger partial charge is 0.251 e. The zero-order valence-electron chi connectivity index (χ0n) is 22.4. The Hall–Kier alpha value is -3.20. The van der Waals surface area contributed by atoms with E-state index in [1.807, 2.05) is 29.3 Å². The van der Waals surface area contributed by atoms with Gasteiger partial charge < -0.3 is 23.8 Å². The highest BCUT2D eigenvalue weighted by molar-refractivity contribution is 5.92. The zero-order valence-corrected chi connectivity index (χ0v) is 22.4. The summed E-state index contributed by atoms with van der Waals surface area (Å²) in [6, 6.07) is 16.5. The van der Waals surface area contributed by atoms with Crippen molar-refractivity contribution >= 4 is 16.8 Å². The predicted octanol–water partition coefficient (Wildman–Crippen LogP) is 4.16. The van der Waals surface area contributed by atoms with Crippen LogP contribution in [-0.2, 0) is 14.3 Å². The molecule has 3 aliphatic rings. The Kier molecular flexibility index (Phi) is 8.23. The van der Waals surface area contributed by atoms with E-state index >= 15 is 0 Å². The van der Waals surface area contributed by atoms with Crippen molar-refractivity contribution in [2.75, 3.05) is 59.2 Å². The largest absolute Gasteiger partial charge is 0.490 e. The summed E-state index contributed by atoms with van der Waals surface area (Å²) < 4.78 is 23.8. The van der Waals surface area contributed by atoms with Crippen molar-refractivity contribution in [3.8, 4) is 22.6 Å². The Morgan fingerprint density at radius 2 is 1.77 bits per heavy atom. The van der Waals surface area contributed by atoms with Crippen LogP contribution in [0.4, 0.5) is 0 Å². The van der Waals surface area contributed by atoms with Crippen LogP contribution in [-0.4, -0.2) is 92.1 Å². The van der Waals surface area contributed by atoms with E-state index in [1.54, 1.807) is 0 Å². The molecule has 0 unspecified atom stereocenters. The van der Waals surface area contributed by atoms with E-state index in [4.69, 9.17) is 18.9 Å². The number of rotatable bonds is 8. The third-order valence-electron chi connectivity index (χ3n) is 7.91. The standard InChI is InChI=1S/C31H37N3O5/c35-31(28-4-2-19-37-28)34-14-11-26(12-15-34)39-25-8-5-23(6-9-25)27-10-7-24-3-1-13-32-29(24)30(27)38-22-18-33-16-20-36-21-17-33/h1,3,5-10,13,26,28H,2,4,11-12,14-22H2/t28-/m1/s1. The molecule has 4 heterocycles. The molecular weight excluding hydrogens is 494 g/mol. The third kappa shape index (κ3) is 6.19. The molecule has 1 atom stereocenters. The topological polar surface area (TPSA) is 73.4 Å². The fourth-order valence-electron chi connectivity index (χ4n) is 5.67. The minimum Gasteiger partial charge on any atom is -0.490 e. The monoisotopic (exact) mass is 531 g/mol. The van der Waals surface area contributed by atoms with Gasteiger partial charge in [-0.3, -0.25) is 14.7 Å². The normalized spacial score (nSPS) is 20.8. The van der Waals surface area contributed by atoms with Gasteiger partial charge in [-0.15, -0.1) is 0 Å². The molecule has 0 spiro atoms. The molecule has 1 amide bonds. The van der Waals surface area contributed by atoms with Crippen molar-refractivity contribution in [1.29, 1.82) is 0 Å². The number of nitrogens with zero attached hydrogens (tertiary/aromatic N) is 3. The molecule has 0 N–H and O–H groups in total. The van der Waals surface area contributed by atoms with Gasteiger partial charge in [-0.2, -0.15) is 0 Å². The lowest BCUT2D eigenvalue weighted by molar-refractivity contribution is -0.142. The van der Waals surface area contributed by atoms with Crippen LogP contribution in [0.25, 0.3) is 22.0 Å². The van der Waals surface area contributed by atoms with Crippen molar-refractivity contribution in [3.05, 3.63) is 54.7 Å². The molecule has 3 aliphatic heterocycles. The highest BCUT2D eigenvalue weighted by atomic mass is 16.5. The highest BCUT2D eigenvalue weighted by Gasteiger charge is 2.31. The molecule has 3 saturated heterocycles. The van der Waals surface area contributed by atoms with Crippen molar-refractivity contribution in [2.45, 2.75) is 37.9 Å². The molecule has 6 rings (SSSR count). The second-order valence-electron chi connectivity index (χ2n) is 10.5. The van der Waals surface area contributed by atoms with Gasteiger partial charge in [-0.1, -0.05) is 24.3 Å². The SMILES string of the molecule is O=C([C@H]1CCCO1)N1CCC(Oc2ccc(-c3ccc4cccnc4c3OCCN3CCOCC3)cc2)CC1. The summed E-state index contributed by atoms with van der Waals surface area (Å²) in [5, 5.41) is 1.06. The average Bonchev–Trinajstić information content (AvgIpc) is 3.54. The summed E-state index contributed by atoms with van der Waals surface area (Å²) >= 11 is 0. The van der Waals surface area contributed by atoms with E-state index in [2.05, 4.69) is 40.2 Å². The first-order chi connectivity index (χ1) is 19.2. The van der Waals surface area contributed by atoms with Gasteiger partial charge in [0.05, 0.1) is 13.2 Å². The molecule has 39 heavy (non-hydrogen) atoms. The second kappa shape index (κ2) is 12.3. The van der Waals surface area contributed by atoms with Crippen LogP contribution < -0.4 is 9.47 Å². The molecule has 0 aliphatic carbocycles. The number of carbonyl (C=O) groups is 1. The molecule has 206 valence electrons. The van der Waals surface area contributed by atoms with E-state index in [9.17, 15) is 4.79 Å². The molecule has 3 aromatic rings. The van der Waals surface area contributed by atoms with Crippen LogP contribution in [0.5, 0.6) is 11.5 Å². The molecule has 3 fully saturated rings. The summed E-state index contributed by atoms with van der Waals surface area (Å²) in [4.78, 5) is 21.6. The zero-order chi connectivity index (χ0) is 26.4. The number of piperidine rings is 1. The maximum absolute atomic E-state index is 12.6. The molecule has 0 radical (unpaired) electrons. The number of carbonyl (C=O) groups excluding carboxylic acids is 1. The Bertz CT molecular complexity index is 1250. The summed E-state index contributed by atoms with van der Waals surface area (Å²) in [6.45, 7) is 7.03. The lowest BCUT2D eigenvalue weighted by Gasteiger charge is -2.33. The number of aromatic nitrogens is 1. The lowest BCUT2D eigenvalue weighted by atomic mass is 10.0. The number of pyridine rings is 1. The van der Waals surface area contributed by atoms with E-state index in [-0.39, 0.29) is 18.1 Å². The van der Waals surface area contributed by atoms with E-state index in [0.29, 0.717) is 13.2 Å². The van der Waals surface area contributed by atoms with Gasteiger partial charge in [0.25, 0.3) is 5.91 Å². The summed E-state index contributed by atoms with van der Waals surface area (Å²) in [7, 11) is 0. The maximum atomic E-state index is 12.6. The van der Waals surface area contributed by atoms with Gasteiger partial charge in [-0.05, 0) is 42.7 Å². The molecule has 0 saturated carbocycles. The number of fused-ring (bicyclic) bond motifs is 1. The number of benzene rings is 2. The Labute approximate surface area is 229 Å². The van der Waals surface area contributed by atoms with Crippen LogP contribution in [0, 0.1) is 0 Å². The average molecular weight is 532 g/mol. The molecule has 8 nitrogen and oxygen atoms in total. The third-order valence-corrected chi connectivity index (χ3v) is 7.91. The van der Waals surface area contributed by atoms with E-state index < -0.39 is 0 Å². The number of likely N-dealkylation sites (tertiary alicyclic amines) is 1. The summed E-state index contributed by atoms with van der Waals surface area (Å²) in [5.41, 5.74) is 2.96. The quantitative estimate of drug-likeness (QED) is 0.432. The molecule has 0 bridgehead atoms. The van der Waals surface area contributed by atoms with Crippen LogP contribution in [0.3, 0.4) is 0 Å². The lowest BCUT2D eigenvalue weighted by Crippen LogP contribution is -2.45. The van der Waals surface area contributed by atoms with Crippen LogP contribution in [0.2, 0.25) is 0 Å². The Morgan fingerprint density at radius 3 is 2.54 bits per heavy atom. The van der Waals surface area contributed by atoms with Gasteiger partial charge in [0.1, 0.15) is 30.1 Å². The fraction of sp³-hybridized carbons (Fsp3) is 0.484. The molecule has 2 aromatic carbocycles. The van der Waals surface area contributed by atoms with Gasteiger partial charge in [-0.25, -0.2) is 0 Å². The minimum atomic E-state index is -0.242. The number of amides is 1. The van der Waals surface area contributed by atoms with Gasteiger partial charge >= 0.3 is 0 Å². The van der Waals surface area contributed by atoms with Gasteiger partial charge in [0.2, 0.25) is 0 Å². The first kappa shape index (κ1) is 26.0. The first-order valence-corrected chi connectivity index (χ1v) is 14.2. The Morgan fingerprint density at radius 1 is 0.949 bits per heavy atom. The van der Waals surface area contributed by atoms with Crippen LogP contribution in [0.1, 0.15) is 25.7 Å².